The summed E-state index contributed by atoms with van der Waals surface area (Å²) in [4.78, 5) is 74.1. The first kappa shape index (κ1) is 39.5. The van der Waals surface area contributed by atoms with E-state index < -0.39 is 29.8 Å². The number of piperazine rings is 1. The predicted octanol–water partition coefficient (Wildman–Crippen LogP) is 3.58. The fraction of sp³-hybridized carbons (Fsp3) is 0.409. The Labute approximate surface area is 346 Å². The Kier molecular flexibility index (Phi) is 10.9. The lowest BCUT2D eigenvalue weighted by Gasteiger charge is -2.43. The predicted molar refractivity (Wildman–Crippen MR) is 218 cm³/mol. The molecule has 312 valence electrons. The van der Waals surface area contributed by atoms with Crippen LogP contribution >= 0.6 is 0 Å². The molecule has 6 heterocycles. The highest BCUT2D eigenvalue weighted by Crippen LogP contribution is 2.33. The topological polar surface area (TPSA) is 164 Å². The van der Waals surface area contributed by atoms with Crippen LogP contribution < -0.4 is 15.5 Å². The monoisotopic (exact) mass is 817 g/mol. The van der Waals surface area contributed by atoms with E-state index in [0.29, 0.717) is 42.6 Å². The number of rotatable bonds is 10. The highest BCUT2D eigenvalue weighted by molar-refractivity contribution is 6.06. The third kappa shape index (κ3) is 7.77. The summed E-state index contributed by atoms with van der Waals surface area (Å²) in [5.41, 5.74) is 5.36. The van der Waals surface area contributed by atoms with Gasteiger partial charge in [0.2, 0.25) is 11.8 Å². The van der Waals surface area contributed by atoms with Crippen LogP contribution in [0.5, 0.6) is 0 Å². The second-order valence-corrected chi connectivity index (χ2v) is 16.3. The molecule has 3 fully saturated rings. The number of ether oxygens (including phenoxy) is 1. The summed E-state index contributed by atoms with van der Waals surface area (Å²) in [5, 5.41) is 12.5. The summed E-state index contributed by atoms with van der Waals surface area (Å²) in [7, 11) is 1.52. The molecule has 15 nitrogen and oxygen atoms in total. The summed E-state index contributed by atoms with van der Waals surface area (Å²) in [6.45, 7) is 6.74. The van der Waals surface area contributed by atoms with Crippen molar-refractivity contribution in [3.8, 4) is 0 Å². The van der Waals surface area contributed by atoms with E-state index in [0.717, 1.165) is 80.2 Å². The second kappa shape index (κ2) is 16.6. The second-order valence-electron chi connectivity index (χ2n) is 16.3. The maximum Gasteiger partial charge on any atom is 0.258 e. The number of hydrogen-bond acceptors (Lipinski definition) is 10. The van der Waals surface area contributed by atoms with Crippen LogP contribution in [0.2, 0.25) is 0 Å². The van der Waals surface area contributed by atoms with Crippen LogP contribution in [0.25, 0.3) is 0 Å². The smallest absolute Gasteiger partial charge is 0.258 e. The van der Waals surface area contributed by atoms with E-state index >= 15 is 4.39 Å². The van der Waals surface area contributed by atoms with Crippen LogP contribution in [-0.2, 0) is 45.3 Å². The van der Waals surface area contributed by atoms with Crippen molar-refractivity contribution in [3.05, 3.63) is 112 Å². The van der Waals surface area contributed by atoms with Gasteiger partial charge in [-0.05, 0) is 66.3 Å². The minimum absolute atomic E-state index is 0.0263. The summed E-state index contributed by atoms with van der Waals surface area (Å²) < 4.78 is 20.9. The highest BCUT2D eigenvalue weighted by atomic mass is 19.1. The number of imide groups is 1. The average Bonchev–Trinajstić information content (AvgIpc) is 3.95. The van der Waals surface area contributed by atoms with Crippen molar-refractivity contribution in [2.45, 2.75) is 70.0 Å². The Balaban J connectivity index is 0.729. The van der Waals surface area contributed by atoms with Gasteiger partial charge in [-0.15, -0.1) is 0 Å². The maximum absolute atomic E-state index is 15.3. The Morgan fingerprint density at radius 3 is 2.38 bits per heavy atom. The number of piperidine rings is 2. The van der Waals surface area contributed by atoms with E-state index in [9.17, 15) is 24.0 Å². The zero-order valence-corrected chi connectivity index (χ0v) is 33.5. The van der Waals surface area contributed by atoms with Gasteiger partial charge in [0.25, 0.3) is 17.7 Å². The molecule has 0 radical (unpaired) electrons. The molecule has 9 rings (SSSR count). The minimum Gasteiger partial charge on any atom is -0.371 e. The number of methoxy groups -OCH3 is 1. The number of fused-ring (bicyclic) bond motifs is 2. The van der Waals surface area contributed by atoms with Crippen LogP contribution in [-0.4, -0.2) is 118 Å². The van der Waals surface area contributed by atoms with Crippen molar-refractivity contribution >= 4 is 41.0 Å². The number of nitrogens with zero attached hydrogens (tertiary/aromatic N) is 6. The molecule has 0 spiro atoms. The van der Waals surface area contributed by atoms with Crippen molar-refractivity contribution in [2.24, 2.45) is 0 Å². The molecule has 0 bridgehead atoms. The molecular formula is C44H48FN9O6. The number of hydrogen-bond donors (Lipinski definition) is 3. The lowest BCUT2D eigenvalue weighted by molar-refractivity contribution is -0.143. The van der Waals surface area contributed by atoms with Gasteiger partial charge in [0.05, 0.1) is 24.3 Å². The number of aromatic nitrogens is 2. The number of nitrogens with one attached hydrogen (secondary N) is 3. The molecule has 5 amide bonds. The van der Waals surface area contributed by atoms with Crippen LogP contribution in [0, 0.1) is 5.82 Å². The molecule has 60 heavy (non-hydrogen) atoms. The molecule has 2 atom stereocenters. The zero-order valence-electron chi connectivity index (χ0n) is 33.5. The number of halogens is 1. The highest BCUT2D eigenvalue weighted by Gasteiger charge is 2.41. The molecule has 16 heteroatoms. The van der Waals surface area contributed by atoms with Gasteiger partial charge in [0.1, 0.15) is 11.9 Å². The number of carbonyl (C=O) groups is 5. The zero-order chi connectivity index (χ0) is 41.5. The van der Waals surface area contributed by atoms with E-state index in [4.69, 9.17) is 4.74 Å². The summed E-state index contributed by atoms with van der Waals surface area (Å²) in [6, 6.07) is 20.0. The first-order valence-corrected chi connectivity index (χ1v) is 20.6. The van der Waals surface area contributed by atoms with Gasteiger partial charge in [-0.2, -0.15) is 5.10 Å². The third-order valence-electron chi connectivity index (χ3n) is 12.7. The van der Waals surface area contributed by atoms with Crippen molar-refractivity contribution < 1.29 is 33.1 Å². The Bertz CT molecular complexity index is 2300. The quantitative estimate of drug-likeness (QED) is 0.202. The SMILES string of the molecule is COC(C(=O)N1Cc2[nH]nc(NC(=O)c3ccc(N4CCC(N5CCN(Cc6cc(F)c7c(c6)CN(C6CCC(=O)NC6=O)C7=O)CC5)CC4)cc3)c2C1)c1ccccc1. The van der Waals surface area contributed by atoms with Crippen molar-refractivity contribution in [2.75, 3.05) is 56.6 Å². The summed E-state index contributed by atoms with van der Waals surface area (Å²) >= 11 is 0. The number of carbonyl (C=O) groups excluding carboxylic acids is 5. The fourth-order valence-corrected chi connectivity index (χ4v) is 9.42. The molecule has 5 aliphatic heterocycles. The maximum atomic E-state index is 15.3. The van der Waals surface area contributed by atoms with Crippen molar-refractivity contribution in [1.82, 2.24) is 35.1 Å². The Morgan fingerprint density at radius 2 is 1.67 bits per heavy atom. The number of anilines is 2. The fourth-order valence-electron chi connectivity index (χ4n) is 9.42. The lowest BCUT2D eigenvalue weighted by atomic mass is 10.0. The van der Waals surface area contributed by atoms with Gasteiger partial charge < -0.3 is 24.8 Å². The van der Waals surface area contributed by atoms with Gasteiger partial charge in [-0.25, -0.2) is 4.39 Å². The molecule has 3 saturated heterocycles. The summed E-state index contributed by atoms with van der Waals surface area (Å²) in [6.07, 6.45) is 1.72. The molecule has 3 aromatic carbocycles. The molecule has 2 unspecified atom stereocenters. The van der Waals surface area contributed by atoms with E-state index in [1.807, 2.05) is 60.7 Å². The van der Waals surface area contributed by atoms with Gasteiger partial charge in [-0.3, -0.25) is 44.2 Å². The van der Waals surface area contributed by atoms with Crippen LogP contribution in [0.3, 0.4) is 0 Å². The van der Waals surface area contributed by atoms with E-state index in [-0.39, 0.29) is 42.7 Å². The molecule has 4 aromatic rings. The van der Waals surface area contributed by atoms with Crippen molar-refractivity contribution in [3.63, 3.8) is 0 Å². The molecule has 1 aromatic heterocycles. The Hall–Kier alpha value is -5.97. The number of H-pyrrole nitrogens is 1. The minimum atomic E-state index is -0.773. The Morgan fingerprint density at radius 1 is 0.917 bits per heavy atom. The average molecular weight is 818 g/mol. The van der Waals surface area contributed by atoms with Gasteiger partial charge in [0.15, 0.2) is 11.9 Å². The summed E-state index contributed by atoms with van der Waals surface area (Å²) in [5.74, 6) is -1.93. The van der Waals surface area contributed by atoms with Gasteiger partial charge in [-0.1, -0.05) is 36.4 Å². The van der Waals surface area contributed by atoms with Gasteiger partial charge in [0, 0.05) is 88.7 Å². The van der Waals surface area contributed by atoms with E-state index in [1.165, 1.54) is 18.1 Å². The standard InChI is InChI=1S/C44H48FN9O6/c1-60-39(28-5-3-2-4-6-28)44(59)53-25-33-35(26-53)48-49-40(33)47-41(56)29-7-9-31(10-8-29)51-15-13-32(14-16-51)52-19-17-50(18-20-52)23-27-21-30-24-54(43(58)38(30)34(45)22-27)36-11-12-37(55)46-42(36)57/h2-10,21-22,32,36,39H,11-20,23-26H2,1H3,(H,46,55,57)(H2,47,48,49,56). The molecule has 5 aliphatic rings. The van der Waals surface area contributed by atoms with E-state index in [1.54, 1.807) is 4.90 Å². The molecule has 0 saturated carbocycles. The van der Waals surface area contributed by atoms with E-state index in [2.05, 4.69) is 35.5 Å². The largest absolute Gasteiger partial charge is 0.371 e. The van der Waals surface area contributed by atoms with Gasteiger partial charge >= 0.3 is 0 Å². The molecule has 0 aliphatic carbocycles. The van der Waals surface area contributed by atoms with Crippen LogP contribution in [0.1, 0.15) is 80.5 Å². The first-order chi connectivity index (χ1) is 29.1. The molecule has 3 N–H and O–H groups in total. The third-order valence-corrected chi connectivity index (χ3v) is 12.7. The normalized spacial score (nSPS) is 20.6. The number of benzene rings is 3. The van der Waals surface area contributed by atoms with Crippen LogP contribution in [0.4, 0.5) is 15.9 Å². The number of aromatic amines is 1. The first-order valence-electron chi connectivity index (χ1n) is 20.6. The lowest BCUT2D eigenvalue weighted by Crippen LogP contribution is -2.53. The van der Waals surface area contributed by atoms with Crippen LogP contribution in [0.15, 0.2) is 66.7 Å². The van der Waals surface area contributed by atoms with Crippen molar-refractivity contribution in [1.29, 1.82) is 0 Å². The number of amides is 5. The molecular weight excluding hydrogens is 770 g/mol.